The van der Waals surface area contributed by atoms with E-state index in [1.54, 1.807) is 11.1 Å². The summed E-state index contributed by atoms with van der Waals surface area (Å²) in [7, 11) is 1.81. The Morgan fingerprint density at radius 2 is 2.12 bits per heavy atom. The van der Waals surface area contributed by atoms with Crippen molar-refractivity contribution in [3.63, 3.8) is 0 Å². The van der Waals surface area contributed by atoms with Gasteiger partial charge in [0.15, 0.2) is 0 Å². The van der Waals surface area contributed by atoms with E-state index in [1.165, 1.54) is 12.1 Å². The maximum Gasteiger partial charge on any atom is 0.237 e. The molecule has 1 aromatic rings. The highest BCUT2D eigenvalue weighted by atomic mass is 16.2. The minimum Gasteiger partial charge on any atom is -0.326 e. The average Bonchev–Trinajstić information content (AvgIpc) is 3.17. The third-order valence-corrected chi connectivity index (χ3v) is 5.81. The van der Waals surface area contributed by atoms with E-state index >= 15 is 0 Å². The molecule has 1 saturated heterocycles. The Bertz CT molecular complexity index is 577. The van der Waals surface area contributed by atoms with Gasteiger partial charge in [0.2, 0.25) is 5.91 Å². The zero-order valence-electron chi connectivity index (χ0n) is 14.5. The number of hydrogen-bond donors (Lipinski definition) is 1. The fourth-order valence-electron chi connectivity index (χ4n) is 4.09. The van der Waals surface area contributed by atoms with Gasteiger partial charge in [0.05, 0.1) is 12.6 Å². The lowest BCUT2D eigenvalue weighted by Crippen LogP contribution is -2.53. The van der Waals surface area contributed by atoms with Crippen molar-refractivity contribution < 1.29 is 4.79 Å². The number of nitriles is 1. The molecule has 1 saturated carbocycles. The van der Waals surface area contributed by atoms with Crippen LogP contribution in [-0.2, 0) is 4.79 Å². The quantitative estimate of drug-likeness (QED) is 0.919. The molecule has 2 heterocycles. The molecule has 1 aliphatic carbocycles. The van der Waals surface area contributed by atoms with Crippen molar-refractivity contribution in [1.29, 1.82) is 5.26 Å². The highest BCUT2D eigenvalue weighted by molar-refractivity contribution is 5.79. The number of likely N-dealkylation sites (tertiary alicyclic amines) is 1. The lowest BCUT2D eigenvalue weighted by Gasteiger charge is -2.40. The van der Waals surface area contributed by atoms with Gasteiger partial charge in [0, 0.05) is 24.9 Å². The van der Waals surface area contributed by atoms with Crippen molar-refractivity contribution in [2.24, 2.45) is 0 Å². The minimum atomic E-state index is -0.580. The third-order valence-electron chi connectivity index (χ3n) is 5.81. The molecule has 2 aliphatic rings. The van der Waals surface area contributed by atoms with Gasteiger partial charge in [-0.3, -0.25) is 14.8 Å². The minimum absolute atomic E-state index is 0.0819. The number of piperidine rings is 1. The van der Waals surface area contributed by atoms with E-state index in [0.717, 1.165) is 51.6 Å². The van der Waals surface area contributed by atoms with Crippen LogP contribution in [0.4, 0.5) is 0 Å². The number of carbonyl (C=O) groups excluding carboxylic acids is 1. The van der Waals surface area contributed by atoms with Crippen LogP contribution in [0.25, 0.3) is 0 Å². The average molecular weight is 329 g/mol. The van der Waals surface area contributed by atoms with Gasteiger partial charge in [-0.15, -0.1) is 0 Å². The first-order valence-electron chi connectivity index (χ1n) is 9.04. The van der Waals surface area contributed by atoms with Crippen LogP contribution in [0, 0.1) is 11.3 Å². The molecule has 24 heavy (non-hydrogen) atoms. The second kappa shape index (κ2) is 7.35. The normalized spacial score (nSPS) is 22.0. The van der Waals surface area contributed by atoms with E-state index < -0.39 is 5.54 Å². The van der Waals surface area contributed by atoms with Crippen LogP contribution in [-0.4, -0.2) is 58.1 Å². The summed E-state index contributed by atoms with van der Waals surface area (Å²) >= 11 is 0. The summed E-state index contributed by atoms with van der Waals surface area (Å²) in [4.78, 5) is 16.7. The number of nitrogens with one attached hydrogen (secondary N) is 1. The molecule has 0 spiro atoms. The number of aromatic nitrogens is 2. The number of likely N-dealkylation sites (N-methyl/N-ethyl adjacent to an activating group) is 1. The van der Waals surface area contributed by atoms with Crippen LogP contribution in [0.2, 0.25) is 0 Å². The van der Waals surface area contributed by atoms with E-state index in [2.05, 4.69) is 21.2 Å². The molecule has 0 radical (unpaired) electrons. The standard InChI is InChI=1S/C18H27N5O/c1-22(18(14-19)8-3-2-4-9-18)17(24)13-23-11-6-15(7-12-23)16-5-10-20-21-16/h5,10,15H,2-4,6-9,11-13H2,1H3,(H,20,21). The lowest BCUT2D eigenvalue weighted by molar-refractivity contribution is -0.136. The summed E-state index contributed by atoms with van der Waals surface area (Å²) in [5, 5.41) is 16.7. The number of amides is 1. The number of nitrogens with zero attached hydrogens (tertiary/aromatic N) is 4. The first kappa shape index (κ1) is 17.0. The second-order valence-electron chi connectivity index (χ2n) is 7.22. The summed E-state index contributed by atoms with van der Waals surface area (Å²) in [6.07, 6.45) is 8.77. The molecule has 1 aliphatic heterocycles. The Morgan fingerprint density at radius 1 is 1.42 bits per heavy atom. The van der Waals surface area contributed by atoms with E-state index in [1.807, 2.05) is 13.1 Å². The number of aromatic amines is 1. The largest absolute Gasteiger partial charge is 0.326 e. The highest BCUT2D eigenvalue weighted by Crippen LogP contribution is 2.33. The van der Waals surface area contributed by atoms with Gasteiger partial charge in [-0.2, -0.15) is 10.4 Å². The number of hydrogen-bond acceptors (Lipinski definition) is 4. The summed E-state index contributed by atoms with van der Waals surface area (Å²) in [5.74, 6) is 0.596. The number of H-pyrrole nitrogens is 1. The fraction of sp³-hybridized carbons (Fsp3) is 0.722. The van der Waals surface area contributed by atoms with Crippen molar-refractivity contribution in [3.05, 3.63) is 18.0 Å². The van der Waals surface area contributed by atoms with Crippen molar-refractivity contribution in [1.82, 2.24) is 20.0 Å². The Kier molecular flexibility index (Phi) is 5.20. The topological polar surface area (TPSA) is 76.0 Å². The molecule has 1 aromatic heterocycles. The van der Waals surface area contributed by atoms with Crippen LogP contribution < -0.4 is 0 Å². The molecule has 130 valence electrons. The van der Waals surface area contributed by atoms with Crippen molar-refractivity contribution >= 4 is 5.91 Å². The van der Waals surface area contributed by atoms with Crippen LogP contribution in [0.5, 0.6) is 0 Å². The SMILES string of the molecule is CN(C(=O)CN1CCC(c2ccn[nH]2)CC1)C1(C#N)CCCCC1. The summed E-state index contributed by atoms with van der Waals surface area (Å²) in [5.41, 5.74) is 0.618. The smallest absolute Gasteiger partial charge is 0.237 e. The van der Waals surface area contributed by atoms with Gasteiger partial charge in [0.1, 0.15) is 5.54 Å². The Labute approximate surface area is 143 Å². The molecule has 6 nitrogen and oxygen atoms in total. The number of rotatable bonds is 4. The summed E-state index contributed by atoms with van der Waals surface area (Å²) in [6.45, 7) is 2.27. The van der Waals surface area contributed by atoms with Crippen LogP contribution in [0.1, 0.15) is 56.6 Å². The van der Waals surface area contributed by atoms with Gasteiger partial charge in [0.25, 0.3) is 0 Å². The van der Waals surface area contributed by atoms with E-state index in [4.69, 9.17) is 0 Å². The van der Waals surface area contributed by atoms with Gasteiger partial charge in [-0.05, 0) is 44.8 Å². The molecule has 0 bridgehead atoms. The number of carbonyl (C=O) groups is 1. The summed E-state index contributed by atoms with van der Waals surface area (Å²) < 4.78 is 0. The van der Waals surface area contributed by atoms with Crippen molar-refractivity contribution in [2.45, 2.75) is 56.4 Å². The van der Waals surface area contributed by atoms with E-state index in [9.17, 15) is 10.1 Å². The van der Waals surface area contributed by atoms with Gasteiger partial charge < -0.3 is 4.90 Å². The molecule has 2 fully saturated rings. The fourth-order valence-corrected chi connectivity index (χ4v) is 4.09. The van der Waals surface area contributed by atoms with Gasteiger partial charge >= 0.3 is 0 Å². The van der Waals surface area contributed by atoms with E-state index in [-0.39, 0.29) is 5.91 Å². The molecule has 1 N–H and O–H groups in total. The molecule has 1 amide bonds. The Hall–Kier alpha value is -1.87. The first-order valence-corrected chi connectivity index (χ1v) is 9.04. The first-order chi connectivity index (χ1) is 11.6. The van der Waals surface area contributed by atoms with E-state index in [0.29, 0.717) is 12.5 Å². The summed E-state index contributed by atoms with van der Waals surface area (Å²) in [6, 6.07) is 4.48. The maximum absolute atomic E-state index is 12.7. The monoisotopic (exact) mass is 329 g/mol. The molecular formula is C18H27N5O. The highest BCUT2D eigenvalue weighted by Gasteiger charge is 2.39. The zero-order valence-corrected chi connectivity index (χ0v) is 14.5. The predicted octanol–water partition coefficient (Wildman–Crippen LogP) is 2.27. The molecule has 0 unspecified atom stereocenters. The van der Waals surface area contributed by atoms with Crippen LogP contribution in [0.3, 0.4) is 0 Å². The van der Waals surface area contributed by atoms with Crippen molar-refractivity contribution in [3.8, 4) is 6.07 Å². The Balaban J connectivity index is 1.53. The van der Waals surface area contributed by atoms with Gasteiger partial charge in [-0.25, -0.2) is 0 Å². The lowest BCUT2D eigenvalue weighted by atomic mass is 9.81. The predicted molar refractivity (Wildman–Crippen MR) is 91.2 cm³/mol. The van der Waals surface area contributed by atoms with Crippen LogP contribution in [0.15, 0.2) is 12.3 Å². The Morgan fingerprint density at radius 3 is 2.71 bits per heavy atom. The second-order valence-corrected chi connectivity index (χ2v) is 7.22. The molecule has 6 heteroatoms. The molecule has 3 rings (SSSR count). The van der Waals surface area contributed by atoms with Crippen LogP contribution >= 0.6 is 0 Å². The molecule has 0 aromatic carbocycles. The molecule has 0 atom stereocenters. The third kappa shape index (κ3) is 3.46. The molecular weight excluding hydrogens is 302 g/mol. The van der Waals surface area contributed by atoms with Gasteiger partial charge in [-0.1, -0.05) is 19.3 Å². The maximum atomic E-state index is 12.7. The zero-order chi connectivity index (χ0) is 17.0. The van der Waals surface area contributed by atoms with Crippen molar-refractivity contribution in [2.75, 3.05) is 26.7 Å².